The number of rotatable bonds is 8. The Morgan fingerprint density at radius 1 is 1.19 bits per heavy atom. The molecule has 8 nitrogen and oxygen atoms in total. The van der Waals surface area contributed by atoms with Gasteiger partial charge in [0.15, 0.2) is 6.61 Å². The van der Waals surface area contributed by atoms with Crippen molar-refractivity contribution in [3.8, 4) is 5.75 Å². The maximum absolute atomic E-state index is 11.7. The maximum atomic E-state index is 11.7. The first-order chi connectivity index (χ1) is 13.0. The number of nitrogens with zero attached hydrogens (tertiary/aromatic N) is 1. The van der Waals surface area contributed by atoms with Crippen LogP contribution in [0.1, 0.15) is 11.1 Å². The quantitative estimate of drug-likeness (QED) is 0.331. The van der Waals surface area contributed by atoms with E-state index in [0.29, 0.717) is 12.1 Å². The van der Waals surface area contributed by atoms with Crippen molar-refractivity contribution in [1.82, 2.24) is 5.32 Å². The van der Waals surface area contributed by atoms with Crippen LogP contribution in [0.25, 0.3) is 6.08 Å². The summed E-state index contributed by atoms with van der Waals surface area (Å²) in [6, 6.07) is 13.0. The Kier molecular flexibility index (Phi) is 7.07. The summed E-state index contributed by atoms with van der Waals surface area (Å²) in [5.41, 5.74) is 1.27. The summed E-state index contributed by atoms with van der Waals surface area (Å²) in [6.07, 6.45) is 2.49. The molecule has 1 N–H and O–H groups in total. The minimum Gasteiger partial charge on any atom is -0.497 e. The topological polar surface area (TPSA) is 108 Å². The fourth-order valence-electron chi connectivity index (χ4n) is 2.09. The van der Waals surface area contributed by atoms with Gasteiger partial charge in [0.1, 0.15) is 5.75 Å². The number of nitro benzene ring substituents is 1. The molecule has 0 aromatic heterocycles. The summed E-state index contributed by atoms with van der Waals surface area (Å²) in [5, 5.41) is 13.3. The van der Waals surface area contributed by atoms with Crippen LogP contribution in [0.3, 0.4) is 0 Å². The number of methoxy groups -OCH3 is 1. The maximum Gasteiger partial charge on any atom is 0.331 e. The van der Waals surface area contributed by atoms with Crippen LogP contribution in [0.15, 0.2) is 54.6 Å². The van der Waals surface area contributed by atoms with Gasteiger partial charge in [-0.25, -0.2) is 4.79 Å². The first-order valence-electron chi connectivity index (χ1n) is 7.97. The third kappa shape index (κ3) is 6.62. The third-order valence-corrected chi connectivity index (χ3v) is 3.49. The van der Waals surface area contributed by atoms with Crippen LogP contribution in [0.5, 0.6) is 5.75 Å². The van der Waals surface area contributed by atoms with E-state index in [9.17, 15) is 19.7 Å². The first kappa shape index (κ1) is 19.6. The molecule has 1 amide bonds. The predicted molar refractivity (Wildman–Crippen MR) is 97.9 cm³/mol. The smallest absolute Gasteiger partial charge is 0.331 e. The molecule has 0 saturated heterocycles. The van der Waals surface area contributed by atoms with E-state index >= 15 is 0 Å². The molecule has 0 atom stereocenters. The standard InChI is InChI=1S/C19H18N2O6/c1-26-17-8-5-15(6-9-17)12-20-18(22)13-27-19(23)10-7-14-3-2-4-16(11-14)21(24)25/h2-11H,12-13H2,1H3,(H,20,22)/b10-7+. The molecule has 2 aromatic rings. The highest BCUT2D eigenvalue weighted by Gasteiger charge is 2.06. The van der Waals surface area contributed by atoms with E-state index in [1.54, 1.807) is 25.3 Å². The largest absolute Gasteiger partial charge is 0.497 e. The van der Waals surface area contributed by atoms with E-state index in [1.807, 2.05) is 12.1 Å². The molecule has 140 valence electrons. The minimum atomic E-state index is -0.721. The van der Waals surface area contributed by atoms with Gasteiger partial charge < -0.3 is 14.8 Å². The molecule has 27 heavy (non-hydrogen) atoms. The number of non-ortho nitro benzene ring substituents is 1. The number of hydrogen-bond donors (Lipinski definition) is 1. The molecule has 2 aromatic carbocycles. The SMILES string of the molecule is COc1ccc(CNC(=O)COC(=O)/C=C/c2cccc([N+](=O)[O-])c2)cc1. The Bertz CT molecular complexity index is 846. The van der Waals surface area contributed by atoms with Crippen LogP contribution in [-0.4, -0.2) is 30.5 Å². The van der Waals surface area contributed by atoms with Crippen molar-refractivity contribution in [1.29, 1.82) is 0 Å². The fraction of sp³-hybridized carbons (Fsp3) is 0.158. The van der Waals surface area contributed by atoms with Crippen molar-refractivity contribution in [2.24, 2.45) is 0 Å². The van der Waals surface area contributed by atoms with Gasteiger partial charge in [-0.1, -0.05) is 24.3 Å². The van der Waals surface area contributed by atoms with Crippen molar-refractivity contribution in [2.45, 2.75) is 6.54 Å². The number of hydrogen-bond acceptors (Lipinski definition) is 6. The number of benzene rings is 2. The van der Waals surface area contributed by atoms with Crippen molar-refractivity contribution >= 4 is 23.6 Å². The number of amides is 1. The van der Waals surface area contributed by atoms with Gasteiger partial charge in [-0.15, -0.1) is 0 Å². The van der Waals surface area contributed by atoms with E-state index in [2.05, 4.69) is 5.32 Å². The lowest BCUT2D eigenvalue weighted by atomic mass is 10.2. The van der Waals surface area contributed by atoms with Gasteiger partial charge in [0.2, 0.25) is 0 Å². The van der Waals surface area contributed by atoms with Crippen LogP contribution in [0.4, 0.5) is 5.69 Å². The second-order valence-corrected chi connectivity index (χ2v) is 5.42. The number of esters is 1. The zero-order valence-electron chi connectivity index (χ0n) is 14.6. The van der Waals surface area contributed by atoms with E-state index in [0.717, 1.165) is 17.4 Å². The Balaban J connectivity index is 1.76. The highest BCUT2D eigenvalue weighted by atomic mass is 16.6. The molecule has 0 aliphatic heterocycles. The average Bonchev–Trinajstić information content (AvgIpc) is 2.69. The van der Waals surface area contributed by atoms with E-state index in [4.69, 9.17) is 9.47 Å². The molecule has 0 saturated carbocycles. The number of nitro groups is 1. The van der Waals surface area contributed by atoms with Crippen molar-refractivity contribution in [2.75, 3.05) is 13.7 Å². The lowest BCUT2D eigenvalue weighted by Gasteiger charge is -2.06. The first-order valence-corrected chi connectivity index (χ1v) is 7.97. The minimum absolute atomic E-state index is 0.0802. The van der Waals surface area contributed by atoms with Gasteiger partial charge in [-0.3, -0.25) is 14.9 Å². The average molecular weight is 370 g/mol. The van der Waals surface area contributed by atoms with E-state index in [1.165, 1.54) is 24.3 Å². The second-order valence-electron chi connectivity index (χ2n) is 5.42. The van der Waals surface area contributed by atoms with Gasteiger partial charge in [0.25, 0.3) is 11.6 Å². The van der Waals surface area contributed by atoms with Gasteiger partial charge >= 0.3 is 5.97 Å². The van der Waals surface area contributed by atoms with Crippen LogP contribution in [0.2, 0.25) is 0 Å². The van der Waals surface area contributed by atoms with Gasteiger partial charge in [-0.2, -0.15) is 0 Å². The van der Waals surface area contributed by atoms with Crippen LogP contribution < -0.4 is 10.1 Å². The molecular weight excluding hydrogens is 352 g/mol. The van der Waals surface area contributed by atoms with Crippen molar-refractivity contribution < 1.29 is 24.0 Å². The highest BCUT2D eigenvalue weighted by molar-refractivity contribution is 5.89. The van der Waals surface area contributed by atoms with Crippen molar-refractivity contribution in [3.05, 3.63) is 75.8 Å². The summed E-state index contributed by atoms with van der Waals surface area (Å²) in [7, 11) is 1.57. The van der Waals surface area contributed by atoms with Crippen LogP contribution >= 0.6 is 0 Å². The van der Waals surface area contributed by atoms with Gasteiger partial charge in [-0.05, 0) is 29.3 Å². The van der Waals surface area contributed by atoms with Gasteiger partial charge in [0, 0.05) is 24.8 Å². The summed E-state index contributed by atoms with van der Waals surface area (Å²) in [5.74, 6) is -0.446. The third-order valence-electron chi connectivity index (χ3n) is 3.49. The second kappa shape index (κ2) is 9.71. The number of ether oxygens (including phenoxy) is 2. The Labute approximate surface area is 155 Å². The molecule has 0 spiro atoms. The highest BCUT2D eigenvalue weighted by Crippen LogP contribution is 2.14. The number of carbonyl (C=O) groups is 2. The lowest BCUT2D eigenvalue weighted by Crippen LogP contribution is -2.28. The molecule has 2 rings (SSSR count). The van der Waals surface area contributed by atoms with Crippen LogP contribution in [-0.2, 0) is 20.9 Å². The Morgan fingerprint density at radius 3 is 2.59 bits per heavy atom. The van der Waals surface area contributed by atoms with Crippen LogP contribution in [0, 0.1) is 10.1 Å². The van der Waals surface area contributed by atoms with Gasteiger partial charge in [0.05, 0.1) is 12.0 Å². The molecule has 0 aliphatic rings. The van der Waals surface area contributed by atoms with Crippen molar-refractivity contribution in [3.63, 3.8) is 0 Å². The summed E-state index contributed by atoms with van der Waals surface area (Å²) in [4.78, 5) is 33.6. The summed E-state index contributed by atoms with van der Waals surface area (Å²) in [6.45, 7) is -0.127. The van der Waals surface area contributed by atoms with E-state index < -0.39 is 23.4 Å². The lowest BCUT2D eigenvalue weighted by molar-refractivity contribution is -0.384. The summed E-state index contributed by atoms with van der Waals surface area (Å²) >= 11 is 0. The molecular formula is C19H18N2O6. The Morgan fingerprint density at radius 2 is 1.93 bits per heavy atom. The molecule has 0 heterocycles. The zero-order chi connectivity index (χ0) is 19.6. The molecule has 0 fully saturated rings. The van der Waals surface area contributed by atoms with E-state index in [-0.39, 0.29) is 5.69 Å². The Hall–Kier alpha value is -3.68. The molecule has 0 aliphatic carbocycles. The monoisotopic (exact) mass is 370 g/mol. The molecule has 8 heteroatoms. The zero-order valence-corrected chi connectivity index (χ0v) is 14.6. The normalized spacial score (nSPS) is 10.4. The molecule has 0 bridgehead atoms. The fourth-order valence-corrected chi connectivity index (χ4v) is 2.09. The molecule has 0 radical (unpaired) electrons. The predicted octanol–water partition coefficient (Wildman–Crippen LogP) is 2.48. The number of carbonyl (C=O) groups excluding carboxylic acids is 2. The molecule has 0 unspecified atom stereocenters. The summed E-state index contributed by atoms with van der Waals surface area (Å²) < 4.78 is 9.88. The number of nitrogens with one attached hydrogen (secondary N) is 1.